The topological polar surface area (TPSA) is 122 Å². The molecule has 0 spiro atoms. The van der Waals surface area contributed by atoms with Crippen molar-refractivity contribution >= 4 is 27.6 Å². The maximum atomic E-state index is 12.8. The lowest BCUT2D eigenvalue weighted by Gasteiger charge is -2.21. The number of hydrogen-bond donors (Lipinski definition) is 3. The van der Waals surface area contributed by atoms with Gasteiger partial charge in [0.15, 0.2) is 0 Å². The van der Waals surface area contributed by atoms with Crippen LogP contribution in [0.15, 0.2) is 23.1 Å². The highest BCUT2D eigenvalue weighted by Crippen LogP contribution is 2.24. The van der Waals surface area contributed by atoms with Crippen molar-refractivity contribution in [3.05, 3.63) is 23.8 Å². The standard InChI is InChI=1S/C18H30N4O4S/c1-6-22(7-2)27(25,26)16-11-14(9-8-13(16)5)20-17(23)15(10-12(3)4)21-18(19)24/h8-9,11-12,15H,6-7,10H2,1-5H3,(H,20,23)(H3,19,21,24)/t15-/m0/s1. The van der Waals surface area contributed by atoms with E-state index in [0.29, 0.717) is 30.8 Å². The summed E-state index contributed by atoms with van der Waals surface area (Å²) in [5, 5.41) is 5.10. The molecule has 0 heterocycles. The number of anilines is 1. The summed E-state index contributed by atoms with van der Waals surface area (Å²) in [6.45, 7) is 9.80. The average Bonchev–Trinajstić information content (AvgIpc) is 2.55. The second kappa shape index (κ2) is 9.70. The molecule has 0 bridgehead atoms. The minimum atomic E-state index is -3.66. The molecule has 1 atom stereocenters. The Morgan fingerprint density at radius 2 is 1.78 bits per heavy atom. The van der Waals surface area contributed by atoms with E-state index in [9.17, 15) is 18.0 Å². The van der Waals surface area contributed by atoms with Gasteiger partial charge >= 0.3 is 6.03 Å². The van der Waals surface area contributed by atoms with Crippen molar-refractivity contribution in [1.29, 1.82) is 0 Å². The molecule has 9 heteroatoms. The number of sulfonamides is 1. The summed E-state index contributed by atoms with van der Waals surface area (Å²) < 4.78 is 27.0. The number of amides is 3. The van der Waals surface area contributed by atoms with Crippen LogP contribution in [-0.4, -0.2) is 43.8 Å². The third kappa shape index (κ3) is 6.21. The van der Waals surface area contributed by atoms with Crippen LogP contribution in [0.4, 0.5) is 10.5 Å². The Balaban J connectivity index is 3.15. The number of primary amides is 1. The van der Waals surface area contributed by atoms with Crippen molar-refractivity contribution in [3.8, 4) is 0 Å². The lowest BCUT2D eigenvalue weighted by Crippen LogP contribution is -2.46. The van der Waals surface area contributed by atoms with Gasteiger partial charge in [0, 0.05) is 18.8 Å². The molecule has 0 unspecified atom stereocenters. The highest BCUT2D eigenvalue weighted by molar-refractivity contribution is 7.89. The normalized spacial score (nSPS) is 12.9. The highest BCUT2D eigenvalue weighted by atomic mass is 32.2. The average molecular weight is 399 g/mol. The van der Waals surface area contributed by atoms with Gasteiger partial charge in [-0.3, -0.25) is 4.79 Å². The first-order valence-corrected chi connectivity index (χ1v) is 10.4. The van der Waals surface area contributed by atoms with Gasteiger partial charge in [-0.05, 0) is 37.0 Å². The van der Waals surface area contributed by atoms with Crippen LogP contribution >= 0.6 is 0 Å². The number of rotatable bonds is 9. The molecule has 0 saturated heterocycles. The summed E-state index contributed by atoms with van der Waals surface area (Å²) in [6, 6.07) is 3.13. The monoisotopic (exact) mass is 398 g/mol. The molecule has 0 aliphatic rings. The first kappa shape index (κ1) is 22.9. The summed E-state index contributed by atoms with van der Waals surface area (Å²) >= 11 is 0. The van der Waals surface area contributed by atoms with Gasteiger partial charge in [-0.2, -0.15) is 4.31 Å². The van der Waals surface area contributed by atoms with E-state index in [-0.39, 0.29) is 10.8 Å². The number of carbonyl (C=O) groups excluding carboxylic acids is 2. The molecule has 0 aromatic heterocycles. The van der Waals surface area contributed by atoms with E-state index in [0.717, 1.165) is 0 Å². The van der Waals surface area contributed by atoms with Crippen molar-refractivity contribution in [3.63, 3.8) is 0 Å². The molecule has 27 heavy (non-hydrogen) atoms. The molecule has 0 aliphatic heterocycles. The number of hydrogen-bond acceptors (Lipinski definition) is 4. The van der Waals surface area contributed by atoms with E-state index >= 15 is 0 Å². The van der Waals surface area contributed by atoms with Crippen LogP contribution < -0.4 is 16.4 Å². The van der Waals surface area contributed by atoms with Crippen LogP contribution in [0.2, 0.25) is 0 Å². The summed E-state index contributed by atoms with van der Waals surface area (Å²) in [4.78, 5) is 23.8. The van der Waals surface area contributed by atoms with Gasteiger partial charge in [-0.1, -0.05) is 33.8 Å². The molecular formula is C18H30N4O4S. The molecule has 4 N–H and O–H groups in total. The van der Waals surface area contributed by atoms with Crippen molar-refractivity contribution in [2.45, 2.75) is 52.0 Å². The summed E-state index contributed by atoms with van der Waals surface area (Å²) in [7, 11) is -3.66. The predicted molar refractivity (Wildman–Crippen MR) is 106 cm³/mol. The second-order valence-corrected chi connectivity index (χ2v) is 8.66. The Hall–Kier alpha value is -2.13. The minimum Gasteiger partial charge on any atom is -0.352 e. The van der Waals surface area contributed by atoms with Gasteiger partial charge in [0.25, 0.3) is 0 Å². The first-order chi connectivity index (χ1) is 12.5. The van der Waals surface area contributed by atoms with Gasteiger partial charge in [0.1, 0.15) is 6.04 Å². The third-order valence-corrected chi connectivity index (χ3v) is 6.31. The summed E-state index contributed by atoms with van der Waals surface area (Å²) in [5.74, 6) is -0.290. The molecule has 3 amide bonds. The fraction of sp³-hybridized carbons (Fsp3) is 0.556. The third-order valence-electron chi connectivity index (χ3n) is 4.12. The minimum absolute atomic E-state index is 0.146. The lowest BCUT2D eigenvalue weighted by atomic mass is 10.0. The zero-order valence-corrected chi connectivity index (χ0v) is 17.4. The molecule has 0 radical (unpaired) electrons. The molecule has 1 rings (SSSR count). The van der Waals surface area contributed by atoms with E-state index in [1.165, 1.54) is 10.4 Å². The van der Waals surface area contributed by atoms with Gasteiger partial charge in [-0.15, -0.1) is 0 Å². The first-order valence-electron chi connectivity index (χ1n) is 9.00. The van der Waals surface area contributed by atoms with Crippen LogP contribution in [0.1, 0.15) is 39.7 Å². The highest BCUT2D eigenvalue weighted by Gasteiger charge is 2.25. The van der Waals surface area contributed by atoms with Gasteiger partial charge in [0.05, 0.1) is 4.90 Å². The molecular weight excluding hydrogens is 368 g/mol. The van der Waals surface area contributed by atoms with Gasteiger partial charge in [0.2, 0.25) is 15.9 Å². The zero-order valence-electron chi connectivity index (χ0n) is 16.6. The zero-order chi connectivity index (χ0) is 20.8. The molecule has 1 aromatic rings. The SMILES string of the molecule is CCN(CC)S(=O)(=O)c1cc(NC(=O)[C@H](CC(C)C)NC(N)=O)ccc1C. The summed E-state index contributed by atoms with van der Waals surface area (Å²) in [5.41, 5.74) is 6.09. The van der Waals surface area contributed by atoms with Crippen LogP contribution in [0.5, 0.6) is 0 Å². The summed E-state index contributed by atoms with van der Waals surface area (Å²) in [6.07, 6.45) is 0.408. The molecule has 0 aliphatic carbocycles. The molecule has 152 valence electrons. The lowest BCUT2D eigenvalue weighted by molar-refractivity contribution is -0.118. The maximum Gasteiger partial charge on any atom is 0.312 e. The van der Waals surface area contributed by atoms with Crippen molar-refractivity contribution < 1.29 is 18.0 Å². The van der Waals surface area contributed by atoms with Crippen molar-refractivity contribution in [2.75, 3.05) is 18.4 Å². The Kier molecular flexibility index (Phi) is 8.23. The van der Waals surface area contributed by atoms with Crippen LogP contribution in [0.3, 0.4) is 0 Å². The number of aryl methyl sites for hydroxylation is 1. The van der Waals surface area contributed by atoms with Crippen molar-refractivity contribution in [1.82, 2.24) is 9.62 Å². The number of carbonyl (C=O) groups is 2. The Bertz CT molecular complexity index is 774. The fourth-order valence-corrected chi connectivity index (χ4v) is 4.47. The van der Waals surface area contributed by atoms with Crippen LogP contribution in [0, 0.1) is 12.8 Å². The van der Waals surface area contributed by atoms with E-state index in [1.807, 2.05) is 13.8 Å². The maximum absolute atomic E-state index is 12.8. The molecule has 0 saturated carbocycles. The molecule has 8 nitrogen and oxygen atoms in total. The van der Waals surface area contributed by atoms with E-state index < -0.39 is 28.0 Å². The Morgan fingerprint density at radius 1 is 1.19 bits per heavy atom. The molecule has 0 fully saturated rings. The number of nitrogens with zero attached hydrogens (tertiary/aromatic N) is 1. The second-order valence-electron chi connectivity index (χ2n) is 6.75. The molecule has 1 aromatic carbocycles. The van der Waals surface area contributed by atoms with E-state index in [4.69, 9.17) is 5.73 Å². The largest absolute Gasteiger partial charge is 0.352 e. The van der Waals surface area contributed by atoms with E-state index in [2.05, 4.69) is 10.6 Å². The van der Waals surface area contributed by atoms with Crippen LogP contribution in [0.25, 0.3) is 0 Å². The van der Waals surface area contributed by atoms with Crippen molar-refractivity contribution in [2.24, 2.45) is 11.7 Å². The van der Waals surface area contributed by atoms with Crippen LogP contribution in [-0.2, 0) is 14.8 Å². The Morgan fingerprint density at radius 3 is 2.26 bits per heavy atom. The number of nitrogens with one attached hydrogen (secondary N) is 2. The smallest absolute Gasteiger partial charge is 0.312 e. The number of nitrogens with two attached hydrogens (primary N) is 1. The van der Waals surface area contributed by atoms with Gasteiger partial charge in [-0.25, -0.2) is 13.2 Å². The number of benzene rings is 1. The quantitative estimate of drug-likeness (QED) is 0.589. The van der Waals surface area contributed by atoms with E-state index in [1.54, 1.807) is 32.9 Å². The number of urea groups is 1. The van der Waals surface area contributed by atoms with Gasteiger partial charge < -0.3 is 16.4 Å². The Labute approximate surface area is 161 Å². The fourth-order valence-electron chi connectivity index (χ4n) is 2.76. The predicted octanol–water partition coefficient (Wildman–Crippen LogP) is 2.05.